The molecule has 2 N–H and O–H groups in total. The molecular weight excluding hydrogens is 265 g/mol. The number of fused-ring (bicyclic) bond motifs is 1. The van der Waals surface area contributed by atoms with Gasteiger partial charge in [0.25, 0.3) is 0 Å². The van der Waals surface area contributed by atoms with Gasteiger partial charge < -0.3 is 10.5 Å². The van der Waals surface area contributed by atoms with Crippen LogP contribution >= 0.6 is 11.3 Å². The average molecular weight is 281 g/mol. The van der Waals surface area contributed by atoms with Crippen molar-refractivity contribution in [3.05, 3.63) is 17.3 Å². The number of nitrogens with zero attached hydrogens (tertiary/aromatic N) is 2. The lowest BCUT2D eigenvalue weighted by Crippen LogP contribution is -2.17. The van der Waals surface area contributed by atoms with Gasteiger partial charge in [-0.2, -0.15) is 0 Å². The molecule has 0 unspecified atom stereocenters. The van der Waals surface area contributed by atoms with E-state index in [1.165, 1.54) is 17.7 Å². The minimum absolute atomic E-state index is 0.0332. The molecule has 4 atom stereocenters. The number of nitrogens with two attached hydrogens (primary N) is 1. The van der Waals surface area contributed by atoms with Crippen LogP contribution in [0.25, 0.3) is 10.2 Å². The second-order valence-electron chi connectivity index (χ2n) is 4.93. The molecule has 2 aromatic heterocycles. The minimum atomic E-state index is -1.00. The maximum absolute atomic E-state index is 14.4. The van der Waals surface area contributed by atoms with Crippen molar-refractivity contribution >= 4 is 27.4 Å². The third kappa shape index (κ3) is 1.90. The van der Waals surface area contributed by atoms with Crippen LogP contribution in [0.1, 0.15) is 31.9 Å². The average Bonchev–Trinajstić information content (AvgIpc) is 2.94. The molecule has 0 amide bonds. The zero-order chi connectivity index (χ0) is 13.6. The summed E-state index contributed by atoms with van der Waals surface area (Å²) < 4.78 is 21.1. The fourth-order valence-corrected chi connectivity index (χ4v) is 3.62. The summed E-state index contributed by atoms with van der Waals surface area (Å²) in [5, 5.41) is 1.89. The number of nitrogen functional groups attached to an aromatic ring is 1. The lowest BCUT2D eigenvalue weighted by molar-refractivity contribution is 0.0239. The first-order chi connectivity index (χ1) is 9.13. The van der Waals surface area contributed by atoms with Gasteiger partial charge >= 0.3 is 0 Å². The highest BCUT2D eigenvalue weighted by atomic mass is 32.1. The molecule has 0 radical (unpaired) electrons. The summed E-state index contributed by atoms with van der Waals surface area (Å²) in [6.45, 7) is 3.92. The Bertz CT molecular complexity index is 603. The molecule has 4 nitrogen and oxygen atoms in total. The van der Waals surface area contributed by atoms with Crippen molar-refractivity contribution in [1.82, 2.24) is 9.97 Å². The number of hydrogen-bond donors (Lipinski definition) is 1. The molecule has 102 valence electrons. The second-order valence-corrected chi connectivity index (χ2v) is 5.81. The predicted octanol–water partition coefficient (Wildman–Crippen LogP) is 3.10. The summed E-state index contributed by atoms with van der Waals surface area (Å²) in [6, 6.07) is 0. The Balaban J connectivity index is 2.04. The SMILES string of the molecule is CC[C@H]1O[C@@H](c2csc3c(N)ncnc23)[C@H](F)[C@@H]1C. The van der Waals surface area contributed by atoms with Crippen molar-refractivity contribution in [3.8, 4) is 0 Å². The first kappa shape index (κ1) is 12.7. The number of anilines is 1. The maximum atomic E-state index is 14.4. The Labute approximate surface area is 114 Å². The Morgan fingerprint density at radius 1 is 1.47 bits per heavy atom. The van der Waals surface area contributed by atoms with Gasteiger partial charge in [-0.3, -0.25) is 0 Å². The summed E-state index contributed by atoms with van der Waals surface area (Å²) in [4.78, 5) is 8.18. The molecule has 1 aliphatic rings. The third-order valence-corrected chi connectivity index (χ3v) is 4.83. The van der Waals surface area contributed by atoms with E-state index in [0.717, 1.165) is 16.7 Å². The number of halogens is 1. The van der Waals surface area contributed by atoms with Crippen LogP contribution in [0, 0.1) is 5.92 Å². The Morgan fingerprint density at radius 3 is 2.95 bits per heavy atom. The van der Waals surface area contributed by atoms with Gasteiger partial charge in [0, 0.05) is 11.5 Å². The summed E-state index contributed by atoms with van der Waals surface area (Å²) in [5.74, 6) is 0.346. The van der Waals surface area contributed by atoms with Crippen LogP contribution in [-0.2, 0) is 4.74 Å². The first-order valence-corrected chi connectivity index (χ1v) is 7.28. The van der Waals surface area contributed by atoms with E-state index < -0.39 is 12.3 Å². The van der Waals surface area contributed by atoms with Crippen LogP contribution in [0.3, 0.4) is 0 Å². The zero-order valence-electron chi connectivity index (χ0n) is 10.8. The number of rotatable bonds is 2. The van der Waals surface area contributed by atoms with E-state index in [4.69, 9.17) is 10.5 Å². The summed E-state index contributed by atoms with van der Waals surface area (Å²) in [5.41, 5.74) is 7.32. The maximum Gasteiger partial charge on any atom is 0.144 e. The fraction of sp³-hybridized carbons (Fsp3) is 0.538. The van der Waals surface area contributed by atoms with Gasteiger partial charge in [-0.25, -0.2) is 14.4 Å². The van der Waals surface area contributed by atoms with Gasteiger partial charge in [0.2, 0.25) is 0 Å². The van der Waals surface area contributed by atoms with Crippen molar-refractivity contribution in [2.45, 2.75) is 38.6 Å². The molecule has 0 saturated carbocycles. The first-order valence-electron chi connectivity index (χ1n) is 6.40. The van der Waals surface area contributed by atoms with Crippen molar-refractivity contribution in [2.24, 2.45) is 5.92 Å². The van der Waals surface area contributed by atoms with Crippen LogP contribution < -0.4 is 5.73 Å². The van der Waals surface area contributed by atoms with E-state index in [0.29, 0.717) is 11.3 Å². The lowest BCUT2D eigenvalue weighted by atomic mass is 9.96. The van der Waals surface area contributed by atoms with Crippen LogP contribution in [-0.4, -0.2) is 22.2 Å². The van der Waals surface area contributed by atoms with E-state index >= 15 is 0 Å². The monoisotopic (exact) mass is 281 g/mol. The Kier molecular flexibility index (Phi) is 3.14. The summed E-state index contributed by atoms with van der Waals surface area (Å²) in [7, 11) is 0. The van der Waals surface area contributed by atoms with Gasteiger partial charge in [-0.1, -0.05) is 13.8 Å². The lowest BCUT2D eigenvalue weighted by Gasteiger charge is -2.12. The van der Waals surface area contributed by atoms with Crippen molar-refractivity contribution < 1.29 is 9.13 Å². The number of alkyl halides is 1. The van der Waals surface area contributed by atoms with Gasteiger partial charge in [0.05, 0.1) is 16.3 Å². The van der Waals surface area contributed by atoms with E-state index in [9.17, 15) is 4.39 Å². The van der Waals surface area contributed by atoms with Crippen LogP contribution in [0.15, 0.2) is 11.7 Å². The smallest absolute Gasteiger partial charge is 0.144 e. The Hall–Kier alpha value is -1.27. The highest BCUT2D eigenvalue weighted by Crippen LogP contribution is 2.44. The molecule has 1 saturated heterocycles. The van der Waals surface area contributed by atoms with Crippen LogP contribution in [0.5, 0.6) is 0 Å². The molecule has 2 aromatic rings. The molecule has 19 heavy (non-hydrogen) atoms. The van der Waals surface area contributed by atoms with E-state index in [2.05, 4.69) is 9.97 Å². The summed E-state index contributed by atoms with van der Waals surface area (Å²) >= 11 is 1.44. The largest absolute Gasteiger partial charge is 0.382 e. The number of hydrogen-bond acceptors (Lipinski definition) is 5. The molecule has 3 heterocycles. The zero-order valence-corrected chi connectivity index (χ0v) is 11.7. The van der Waals surface area contributed by atoms with E-state index in [-0.39, 0.29) is 12.0 Å². The molecule has 3 rings (SSSR count). The molecule has 0 aromatic carbocycles. The van der Waals surface area contributed by atoms with Crippen molar-refractivity contribution in [2.75, 3.05) is 5.73 Å². The molecule has 1 aliphatic heterocycles. The molecular formula is C13H16FN3OS. The Morgan fingerprint density at radius 2 is 2.26 bits per heavy atom. The standard InChI is InChI=1S/C13H16FN3OS/c1-3-8-6(2)9(14)11(18-8)7-4-19-12-10(7)16-5-17-13(12)15/h4-6,8-9,11H,3H2,1-2H3,(H2,15,16,17)/t6-,8-,9-,11+/m1/s1. The predicted molar refractivity (Wildman–Crippen MR) is 73.8 cm³/mol. The topological polar surface area (TPSA) is 61.0 Å². The molecule has 0 bridgehead atoms. The van der Waals surface area contributed by atoms with Gasteiger partial charge in [-0.15, -0.1) is 11.3 Å². The minimum Gasteiger partial charge on any atom is -0.382 e. The van der Waals surface area contributed by atoms with Gasteiger partial charge in [0.1, 0.15) is 24.4 Å². The summed E-state index contributed by atoms with van der Waals surface area (Å²) in [6.07, 6.45) is 0.657. The molecule has 0 aliphatic carbocycles. The van der Waals surface area contributed by atoms with Gasteiger partial charge in [-0.05, 0) is 11.8 Å². The molecule has 6 heteroatoms. The molecule has 1 fully saturated rings. The van der Waals surface area contributed by atoms with Gasteiger partial charge in [0.15, 0.2) is 0 Å². The van der Waals surface area contributed by atoms with Crippen molar-refractivity contribution in [3.63, 3.8) is 0 Å². The van der Waals surface area contributed by atoms with E-state index in [1.807, 2.05) is 19.2 Å². The quantitative estimate of drug-likeness (QED) is 0.919. The van der Waals surface area contributed by atoms with Crippen LogP contribution in [0.4, 0.5) is 10.2 Å². The van der Waals surface area contributed by atoms with Crippen molar-refractivity contribution in [1.29, 1.82) is 0 Å². The third-order valence-electron chi connectivity index (χ3n) is 3.82. The highest BCUT2D eigenvalue weighted by Gasteiger charge is 2.43. The number of aromatic nitrogens is 2. The van der Waals surface area contributed by atoms with Crippen LogP contribution in [0.2, 0.25) is 0 Å². The second kappa shape index (κ2) is 4.68. The normalized spacial score (nSPS) is 31.1. The number of thiophene rings is 1. The highest BCUT2D eigenvalue weighted by molar-refractivity contribution is 7.17. The number of ether oxygens (including phenoxy) is 1. The van der Waals surface area contributed by atoms with E-state index in [1.54, 1.807) is 0 Å². The molecule has 0 spiro atoms. The fourth-order valence-electron chi connectivity index (χ4n) is 2.67.